The number of para-hydroxylation sites is 1. The molecule has 4 N–H and O–H groups in total. The van der Waals surface area contributed by atoms with Gasteiger partial charge in [-0.05, 0) is 27.1 Å². The molecule has 0 fully saturated rings. The highest BCUT2D eigenvalue weighted by Gasteiger charge is 2.19. The second-order valence-electron chi connectivity index (χ2n) is 5.88. The summed E-state index contributed by atoms with van der Waals surface area (Å²) in [5.74, 6) is -2.37. The van der Waals surface area contributed by atoms with Crippen molar-refractivity contribution < 1.29 is 29.8 Å². The van der Waals surface area contributed by atoms with E-state index in [4.69, 9.17) is 24.3 Å². The third-order valence-corrected chi connectivity index (χ3v) is 3.89. The van der Waals surface area contributed by atoms with Gasteiger partial charge in [0.25, 0.3) is 0 Å². The van der Waals surface area contributed by atoms with Crippen LogP contribution in [0.2, 0.25) is 0 Å². The molecule has 0 saturated carbocycles. The predicted molar refractivity (Wildman–Crippen MR) is 97.2 cm³/mol. The summed E-state index contributed by atoms with van der Waals surface area (Å²) >= 11 is 0. The van der Waals surface area contributed by atoms with Crippen LogP contribution < -0.4 is 0 Å². The van der Waals surface area contributed by atoms with Crippen molar-refractivity contribution in [2.45, 2.75) is 13.0 Å². The average molecular weight is 378 g/mol. The molecule has 2 heterocycles. The summed E-state index contributed by atoms with van der Waals surface area (Å²) in [6.07, 6.45) is 2.04. The second kappa shape index (κ2) is 8.92. The van der Waals surface area contributed by atoms with Gasteiger partial charge in [-0.1, -0.05) is 23.4 Å². The summed E-state index contributed by atoms with van der Waals surface area (Å²) in [5.41, 5.74) is 2.17. The van der Waals surface area contributed by atoms with Crippen LogP contribution in [0.15, 0.2) is 35.0 Å². The van der Waals surface area contributed by atoms with Crippen LogP contribution in [0.3, 0.4) is 0 Å². The molecule has 0 aliphatic carbocycles. The van der Waals surface area contributed by atoms with Crippen molar-refractivity contribution in [1.82, 2.24) is 19.6 Å². The maximum Gasteiger partial charge on any atom is 0.414 e. The van der Waals surface area contributed by atoms with Gasteiger partial charge in [0.05, 0.1) is 6.04 Å². The molecular formula is C17H22N4O6. The van der Waals surface area contributed by atoms with Crippen molar-refractivity contribution in [3.8, 4) is 11.4 Å². The third kappa shape index (κ3) is 4.90. The maximum atomic E-state index is 9.10. The lowest BCUT2D eigenvalue weighted by Gasteiger charge is -2.14. The highest BCUT2D eigenvalue weighted by atomic mass is 16.5. The zero-order chi connectivity index (χ0) is 19.4. The number of aryl methyl sites for hydroxylation is 1. The van der Waals surface area contributed by atoms with Gasteiger partial charge in [0.1, 0.15) is 0 Å². The van der Waals surface area contributed by atoms with Crippen LogP contribution in [0.4, 0.5) is 0 Å². The van der Waals surface area contributed by atoms with Crippen LogP contribution in [-0.4, -0.2) is 61.3 Å². The Morgan fingerprint density at radius 2 is 1.78 bits per heavy atom. The molecule has 3 aromatic rings. The average Bonchev–Trinajstić information content (AvgIpc) is 3.20. The molecule has 0 aliphatic rings. The number of carbonyl (C=O) groups is 2. The number of nitrogens with zero attached hydrogens (tertiary/aromatic N) is 4. The normalized spacial score (nSPS) is 11.4. The predicted octanol–water partition coefficient (Wildman–Crippen LogP) is 1.18. The molecule has 0 spiro atoms. The van der Waals surface area contributed by atoms with Crippen LogP contribution in [0, 0.1) is 0 Å². The molecule has 0 amide bonds. The molecule has 3 rings (SSSR count). The van der Waals surface area contributed by atoms with E-state index in [1.54, 1.807) is 0 Å². The van der Waals surface area contributed by atoms with E-state index >= 15 is 0 Å². The van der Waals surface area contributed by atoms with Gasteiger partial charge in [0.2, 0.25) is 11.7 Å². The zero-order valence-electron chi connectivity index (χ0n) is 15.4. The van der Waals surface area contributed by atoms with Gasteiger partial charge in [-0.2, -0.15) is 4.98 Å². The van der Waals surface area contributed by atoms with Crippen LogP contribution in [-0.2, 0) is 16.6 Å². The van der Waals surface area contributed by atoms with Crippen molar-refractivity contribution >= 4 is 22.8 Å². The van der Waals surface area contributed by atoms with Gasteiger partial charge in [-0.25, -0.2) is 9.59 Å². The first-order valence-electron chi connectivity index (χ1n) is 7.73. The molecule has 1 atom stereocenters. The Balaban J connectivity index is 0.000000456. The molecule has 0 aliphatic heterocycles. The minimum absolute atomic E-state index is 0. The Morgan fingerprint density at radius 1 is 1.19 bits per heavy atom. The second-order valence-corrected chi connectivity index (χ2v) is 5.88. The van der Waals surface area contributed by atoms with Crippen molar-refractivity contribution in [3.05, 3.63) is 36.4 Å². The fourth-order valence-electron chi connectivity index (χ4n) is 2.26. The Bertz CT molecular complexity index is 919. The molecule has 1 aromatic carbocycles. The van der Waals surface area contributed by atoms with Crippen LogP contribution >= 0.6 is 0 Å². The minimum Gasteiger partial charge on any atom is -0.473 e. The minimum atomic E-state index is -1.82. The van der Waals surface area contributed by atoms with E-state index < -0.39 is 11.9 Å². The molecule has 0 bridgehead atoms. The van der Waals surface area contributed by atoms with Crippen molar-refractivity contribution in [2.24, 2.45) is 7.05 Å². The Kier molecular flexibility index (Phi) is 7.20. The standard InChI is InChI=1S/C15H18N4O.C2H2O4.H2O/c1-10(18(2)3)15-16-14(17-20-15)12-9-19(4)13-8-6-5-7-11(12)13;3-1(4)2(5)6;/h5-10H,1-4H3;(H,3,4)(H,5,6);1H2. The molecule has 0 saturated heterocycles. The Labute approximate surface area is 154 Å². The van der Waals surface area contributed by atoms with Crippen LogP contribution in [0.25, 0.3) is 22.3 Å². The summed E-state index contributed by atoms with van der Waals surface area (Å²) in [5, 5.41) is 20.0. The third-order valence-electron chi connectivity index (χ3n) is 3.89. The summed E-state index contributed by atoms with van der Waals surface area (Å²) in [4.78, 5) is 24.8. The van der Waals surface area contributed by atoms with E-state index in [9.17, 15) is 0 Å². The van der Waals surface area contributed by atoms with Crippen molar-refractivity contribution in [2.75, 3.05) is 14.1 Å². The van der Waals surface area contributed by atoms with E-state index in [1.165, 1.54) is 0 Å². The first-order valence-corrected chi connectivity index (χ1v) is 7.73. The first-order chi connectivity index (χ1) is 12.2. The Hall–Kier alpha value is -3.24. The number of hydrogen-bond acceptors (Lipinski definition) is 6. The molecule has 27 heavy (non-hydrogen) atoms. The lowest BCUT2D eigenvalue weighted by molar-refractivity contribution is -0.159. The van der Waals surface area contributed by atoms with Crippen molar-refractivity contribution in [3.63, 3.8) is 0 Å². The summed E-state index contributed by atoms with van der Waals surface area (Å²) in [7, 11) is 6.01. The van der Waals surface area contributed by atoms with E-state index in [2.05, 4.69) is 26.8 Å². The zero-order valence-corrected chi connectivity index (χ0v) is 15.4. The number of hydrogen-bond donors (Lipinski definition) is 2. The molecule has 0 radical (unpaired) electrons. The van der Waals surface area contributed by atoms with Crippen LogP contribution in [0.1, 0.15) is 18.9 Å². The quantitative estimate of drug-likeness (QED) is 0.644. The topological polar surface area (TPSA) is 153 Å². The first kappa shape index (κ1) is 21.8. The SMILES string of the molecule is CC(c1nc(-c2cn(C)c3ccccc23)no1)N(C)C.O.O=C(O)C(=O)O. The molecule has 10 heteroatoms. The number of aromatic nitrogens is 3. The fraction of sp³-hybridized carbons (Fsp3) is 0.294. The van der Waals surface area contributed by atoms with E-state index in [0.717, 1.165) is 16.5 Å². The summed E-state index contributed by atoms with van der Waals surface area (Å²) < 4.78 is 7.47. The van der Waals surface area contributed by atoms with Crippen molar-refractivity contribution in [1.29, 1.82) is 0 Å². The molecule has 146 valence electrons. The van der Waals surface area contributed by atoms with Gasteiger partial charge in [0, 0.05) is 29.7 Å². The maximum absolute atomic E-state index is 9.10. The molecule has 1 unspecified atom stereocenters. The van der Waals surface area contributed by atoms with Gasteiger partial charge < -0.3 is 24.8 Å². The number of carboxylic acid groups (broad SMARTS) is 2. The molecule has 10 nitrogen and oxygen atoms in total. The van der Waals surface area contributed by atoms with Gasteiger partial charge in [0.15, 0.2) is 0 Å². The van der Waals surface area contributed by atoms with Gasteiger partial charge in [-0.3, -0.25) is 4.90 Å². The molecule has 2 aromatic heterocycles. The Morgan fingerprint density at radius 3 is 2.33 bits per heavy atom. The number of aliphatic carboxylic acids is 2. The smallest absolute Gasteiger partial charge is 0.414 e. The lowest BCUT2D eigenvalue weighted by atomic mass is 10.2. The van der Waals surface area contributed by atoms with E-state index in [0.29, 0.717) is 11.7 Å². The van der Waals surface area contributed by atoms with E-state index in [1.807, 2.05) is 51.3 Å². The highest BCUT2D eigenvalue weighted by Crippen LogP contribution is 2.29. The number of fused-ring (bicyclic) bond motifs is 1. The molecular weight excluding hydrogens is 356 g/mol. The monoisotopic (exact) mass is 378 g/mol. The van der Waals surface area contributed by atoms with Gasteiger partial charge >= 0.3 is 11.9 Å². The van der Waals surface area contributed by atoms with E-state index in [-0.39, 0.29) is 11.5 Å². The number of rotatable bonds is 3. The number of benzene rings is 1. The lowest BCUT2D eigenvalue weighted by Crippen LogP contribution is -2.16. The summed E-state index contributed by atoms with van der Waals surface area (Å²) in [6, 6.07) is 8.32. The van der Waals surface area contributed by atoms with Gasteiger partial charge in [-0.15, -0.1) is 0 Å². The van der Waals surface area contributed by atoms with Crippen LogP contribution in [0.5, 0.6) is 0 Å². The number of carboxylic acids is 2. The highest BCUT2D eigenvalue weighted by molar-refractivity contribution is 6.27. The summed E-state index contributed by atoms with van der Waals surface area (Å²) in [6.45, 7) is 2.04. The largest absolute Gasteiger partial charge is 0.473 e. The fourth-order valence-corrected chi connectivity index (χ4v) is 2.26.